The van der Waals surface area contributed by atoms with Crippen LogP contribution in [0.3, 0.4) is 0 Å². The Morgan fingerprint density at radius 1 is 1.32 bits per heavy atom. The summed E-state index contributed by atoms with van der Waals surface area (Å²) in [5.74, 6) is 0.195. The molecule has 2 N–H and O–H groups in total. The molecule has 1 amide bonds. The minimum atomic E-state index is -0.188. The van der Waals surface area contributed by atoms with E-state index in [1.54, 1.807) is 18.3 Å². The molecule has 116 valence electrons. The summed E-state index contributed by atoms with van der Waals surface area (Å²) in [7, 11) is 0. The van der Waals surface area contributed by atoms with Crippen molar-refractivity contribution in [3.05, 3.63) is 46.7 Å². The van der Waals surface area contributed by atoms with Crippen LogP contribution in [-0.4, -0.2) is 22.4 Å². The first kappa shape index (κ1) is 16.2. The molecular weight excluding hydrogens is 300 g/mol. The Morgan fingerprint density at radius 2 is 2.14 bits per heavy atom. The Balaban J connectivity index is 2.09. The van der Waals surface area contributed by atoms with Crippen molar-refractivity contribution in [3.63, 3.8) is 0 Å². The molecule has 0 unspecified atom stereocenters. The molecular formula is C16H19ClN4O. The van der Waals surface area contributed by atoms with Gasteiger partial charge in [0.25, 0.3) is 5.91 Å². The summed E-state index contributed by atoms with van der Waals surface area (Å²) >= 11 is 5.94. The van der Waals surface area contributed by atoms with E-state index in [4.69, 9.17) is 11.6 Å². The molecule has 22 heavy (non-hydrogen) atoms. The molecule has 0 bridgehead atoms. The molecule has 0 fully saturated rings. The van der Waals surface area contributed by atoms with E-state index in [2.05, 4.69) is 27.5 Å². The molecule has 1 aromatic heterocycles. The van der Waals surface area contributed by atoms with Gasteiger partial charge in [-0.1, -0.05) is 24.9 Å². The number of benzene rings is 1. The molecule has 1 aromatic carbocycles. The second kappa shape index (κ2) is 7.75. The zero-order valence-corrected chi connectivity index (χ0v) is 13.4. The van der Waals surface area contributed by atoms with Gasteiger partial charge in [0.15, 0.2) is 0 Å². The van der Waals surface area contributed by atoms with E-state index in [1.165, 1.54) is 0 Å². The quantitative estimate of drug-likeness (QED) is 0.797. The molecule has 6 heteroatoms. The first-order chi connectivity index (χ1) is 10.6. The Bertz CT molecular complexity index is 660. The highest BCUT2D eigenvalue weighted by molar-refractivity contribution is 6.30. The molecule has 5 nitrogen and oxygen atoms in total. The average molecular weight is 319 g/mol. The lowest BCUT2D eigenvalue weighted by atomic mass is 10.2. The number of hydrogen-bond donors (Lipinski definition) is 2. The van der Waals surface area contributed by atoms with Crippen LogP contribution in [0.1, 0.15) is 35.8 Å². The topological polar surface area (TPSA) is 66.9 Å². The van der Waals surface area contributed by atoms with Crippen molar-refractivity contribution in [2.24, 2.45) is 0 Å². The van der Waals surface area contributed by atoms with Gasteiger partial charge in [-0.05, 0) is 43.2 Å². The van der Waals surface area contributed by atoms with Crippen molar-refractivity contribution in [3.8, 4) is 0 Å². The van der Waals surface area contributed by atoms with Gasteiger partial charge in [-0.2, -0.15) is 0 Å². The first-order valence-electron chi connectivity index (χ1n) is 7.24. The van der Waals surface area contributed by atoms with Crippen molar-refractivity contribution in [1.82, 2.24) is 15.3 Å². The van der Waals surface area contributed by atoms with E-state index >= 15 is 0 Å². The molecule has 0 saturated carbocycles. The average Bonchev–Trinajstić information content (AvgIpc) is 2.50. The van der Waals surface area contributed by atoms with Crippen molar-refractivity contribution in [2.45, 2.75) is 26.7 Å². The number of hydrogen-bond acceptors (Lipinski definition) is 4. The van der Waals surface area contributed by atoms with Crippen LogP contribution in [0.25, 0.3) is 0 Å². The Kier molecular flexibility index (Phi) is 5.72. The number of carbonyl (C=O) groups is 1. The highest BCUT2D eigenvalue weighted by atomic mass is 35.5. The predicted octanol–water partition coefficient (Wildman–Crippen LogP) is 3.71. The number of amides is 1. The number of carbonyl (C=O) groups excluding carboxylic acids is 1. The minimum absolute atomic E-state index is 0.188. The van der Waals surface area contributed by atoms with Gasteiger partial charge in [-0.3, -0.25) is 4.79 Å². The Hall–Kier alpha value is -2.14. The van der Waals surface area contributed by atoms with Crippen LogP contribution in [0.15, 0.2) is 30.5 Å². The highest BCUT2D eigenvalue weighted by Gasteiger charge is 2.09. The fraction of sp³-hybridized carbons (Fsp3) is 0.312. The van der Waals surface area contributed by atoms with Crippen LogP contribution in [0.5, 0.6) is 0 Å². The van der Waals surface area contributed by atoms with Crippen molar-refractivity contribution >= 4 is 29.1 Å². The van der Waals surface area contributed by atoms with Crippen molar-refractivity contribution in [1.29, 1.82) is 0 Å². The summed E-state index contributed by atoms with van der Waals surface area (Å²) in [6.45, 7) is 4.67. The summed E-state index contributed by atoms with van der Waals surface area (Å²) in [6.07, 6.45) is 3.55. The maximum Gasteiger partial charge on any atom is 0.270 e. The number of aryl methyl sites for hydroxylation is 1. The molecule has 0 aliphatic carbocycles. The Labute approximate surface area is 135 Å². The number of anilines is 2. The third-order valence-corrected chi connectivity index (χ3v) is 3.37. The molecule has 0 aliphatic heterocycles. The van der Waals surface area contributed by atoms with Gasteiger partial charge in [0.2, 0.25) is 5.95 Å². The van der Waals surface area contributed by atoms with Crippen LogP contribution >= 0.6 is 11.6 Å². The zero-order chi connectivity index (χ0) is 15.9. The van der Waals surface area contributed by atoms with Gasteiger partial charge in [0.05, 0.1) is 0 Å². The summed E-state index contributed by atoms with van der Waals surface area (Å²) in [5, 5.41) is 6.61. The van der Waals surface area contributed by atoms with Gasteiger partial charge in [-0.15, -0.1) is 0 Å². The van der Waals surface area contributed by atoms with Gasteiger partial charge >= 0.3 is 0 Å². The lowest BCUT2D eigenvalue weighted by Crippen LogP contribution is -2.25. The third-order valence-electron chi connectivity index (χ3n) is 3.14. The molecule has 0 spiro atoms. The van der Waals surface area contributed by atoms with Crippen LogP contribution in [0.4, 0.5) is 11.6 Å². The van der Waals surface area contributed by atoms with Gasteiger partial charge in [-0.25, -0.2) is 9.97 Å². The molecule has 1 heterocycles. The van der Waals surface area contributed by atoms with Crippen LogP contribution in [-0.2, 0) is 0 Å². The molecule has 0 saturated heterocycles. The van der Waals surface area contributed by atoms with Crippen molar-refractivity contribution in [2.75, 3.05) is 11.9 Å². The SMILES string of the molecule is CCCCNC(=O)c1ccnc(Nc2ccc(Cl)cc2C)n1. The van der Waals surface area contributed by atoms with E-state index < -0.39 is 0 Å². The van der Waals surface area contributed by atoms with Gasteiger partial charge in [0, 0.05) is 23.5 Å². The monoisotopic (exact) mass is 318 g/mol. The minimum Gasteiger partial charge on any atom is -0.351 e. The molecule has 0 atom stereocenters. The normalized spacial score (nSPS) is 10.3. The maximum atomic E-state index is 12.0. The summed E-state index contributed by atoms with van der Waals surface area (Å²) in [5.41, 5.74) is 2.18. The molecule has 2 rings (SSSR count). The summed E-state index contributed by atoms with van der Waals surface area (Å²) < 4.78 is 0. The van der Waals surface area contributed by atoms with E-state index in [-0.39, 0.29) is 5.91 Å². The lowest BCUT2D eigenvalue weighted by Gasteiger charge is -2.09. The maximum absolute atomic E-state index is 12.0. The second-order valence-electron chi connectivity index (χ2n) is 4.96. The molecule has 0 aliphatic rings. The number of nitrogens with one attached hydrogen (secondary N) is 2. The zero-order valence-electron chi connectivity index (χ0n) is 12.7. The van der Waals surface area contributed by atoms with Gasteiger partial charge in [0.1, 0.15) is 5.69 Å². The van der Waals surface area contributed by atoms with E-state index in [9.17, 15) is 4.79 Å². The number of nitrogens with zero attached hydrogens (tertiary/aromatic N) is 2. The van der Waals surface area contributed by atoms with Crippen LogP contribution < -0.4 is 10.6 Å². The number of halogens is 1. The fourth-order valence-corrected chi connectivity index (χ4v) is 2.13. The predicted molar refractivity (Wildman–Crippen MR) is 88.7 cm³/mol. The van der Waals surface area contributed by atoms with Crippen molar-refractivity contribution < 1.29 is 4.79 Å². The highest BCUT2D eigenvalue weighted by Crippen LogP contribution is 2.21. The van der Waals surface area contributed by atoms with E-state index in [0.717, 1.165) is 24.1 Å². The summed E-state index contributed by atoms with van der Waals surface area (Å²) in [6, 6.07) is 7.10. The number of unbranched alkanes of at least 4 members (excludes halogenated alkanes) is 1. The molecule has 2 aromatic rings. The van der Waals surface area contributed by atoms with E-state index in [1.807, 2.05) is 19.1 Å². The smallest absolute Gasteiger partial charge is 0.270 e. The molecule has 0 radical (unpaired) electrons. The van der Waals surface area contributed by atoms with Crippen LogP contribution in [0.2, 0.25) is 5.02 Å². The standard InChI is InChI=1S/C16H19ClN4O/c1-3-4-8-18-15(22)14-7-9-19-16(21-14)20-13-6-5-12(17)10-11(13)2/h5-7,9-10H,3-4,8H2,1-2H3,(H,18,22)(H,19,20,21). The van der Waals surface area contributed by atoms with E-state index in [0.29, 0.717) is 23.2 Å². The lowest BCUT2D eigenvalue weighted by molar-refractivity contribution is 0.0948. The first-order valence-corrected chi connectivity index (χ1v) is 7.62. The summed E-state index contributed by atoms with van der Waals surface area (Å²) in [4.78, 5) is 20.4. The number of rotatable bonds is 6. The second-order valence-corrected chi connectivity index (χ2v) is 5.40. The van der Waals surface area contributed by atoms with Gasteiger partial charge < -0.3 is 10.6 Å². The largest absolute Gasteiger partial charge is 0.351 e. The van der Waals surface area contributed by atoms with Crippen LogP contribution in [0, 0.1) is 6.92 Å². The Morgan fingerprint density at radius 3 is 2.86 bits per heavy atom. The third kappa shape index (κ3) is 4.43. The fourth-order valence-electron chi connectivity index (χ4n) is 1.90. The number of aromatic nitrogens is 2.